The van der Waals surface area contributed by atoms with Gasteiger partial charge in [-0.25, -0.2) is 13.2 Å². The van der Waals surface area contributed by atoms with Crippen molar-refractivity contribution >= 4 is 15.8 Å². The number of rotatable bonds is 5. The molecule has 2 heterocycles. The van der Waals surface area contributed by atoms with E-state index < -0.39 is 15.8 Å². The highest BCUT2D eigenvalue weighted by molar-refractivity contribution is 7.92. The van der Waals surface area contributed by atoms with Gasteiger partial charge in [-0.2, -0.15) is 0 Å². The summed E-state index contributed by atoms with van der Waals surface area (Å²) in [5, 5.41) is 14.6. The highest BCUT2D eigenvalue weighted by atomic mass is 32.2. The van der Waals surface area contributed by atoms with E-state index in [0.29, 0.717) is 25.1 Å². The SMILES string of the molecule is O=C(O)c1cc(CNCC2CCCS2(=O)=O)on1. The van der Waals surface area contributed by atoms with Crippen LogP contribution in [0.5, 0.6) is 0 Å². The van der Waals surface area contributed by atoms with Gasteiger partial charge < -0.3 is 14.9 Å². The van der Waals surface area contributed by atoms with Crippen LogP contribution in [-0.2, 0) is 16.4 Å². The van der Waals surface area contributed by atoms with Gasteiger partial charge in [0.2, 0.25) is 0 Å². The molecule has 2 N–H and O–H groups in total. The quantitative estimate of drug-likeness (QED) is 0.780. The zero-order valence-electron chi connectivity index (χ0n) is 9.63. The molecule has 0 radical (unpaired) electrons. The molecule has 0 aliphatic carbocycles. The Bertz CT molecular complexity index is 536. The first kappa shape index (κ1) is 13.0. The molecule has 8 heteroatoms. The molecule has 100 valence electrons. The molecule has 0 bridgehead atoms. The summed E-state index contributed by atoms with van der Waals surface area (Å²) < 4.78 is 27.9. The van der Waals surface area contributed by atoms with E-state index in [1.165, 1.54) is 6.07 Å². The summed E-state index contributed by atoms with van der Waals surface area (Å²) in [4.78, 5) is 10.6. The van der Waals surface area contributed by atoms with Gasteiger partial charge in [0.15, 0.2) is 21.3 Å². The highest BCUT2D eigenvalue weighted by Gasteiger charge is 2.30. The number of nitrogens with one attached hydrogen (secondary N) is 1. The van der Waals surface area contributed by atoms with Crippen LogP contribution in [0.3, 0.4) is 0 Å². The summed E-state index contributed by atoms with van der Waals surface area (Å²) in [6, 6.07) is 1.32. The van der Waals surface area contributed by atoms with Crippen molar-refractivity contribution in [1.29, 1.82) is 0 Å². The summed E-state index contributed by atoms with van der Waals surface area (Å²) >= 11 is 0. The molecule has 0 amide bonds. The molecule has 1 aromatic rings. The van der Waals surface area contributed by atoms with Gasteiger partial charge in [0.25, 0.3) is 0 Å². The Morgan fingerprint density at radius 2 is 2.39 bits per heavy atom. The summed E-state index contributed by atoms with van der Waals surface area (Å²) in [6.07, 6.45) is 1.38. The van der Waals surface area contributed by atoms with Gasteiger partial charge in [0.1, 0.15) is 0 Å². The molecule has 1 aliphatic heterocycles. The maximum atomic E-state index is 11.5. The van der Waals surface area contributed by atoms with Crippen LogP contribution in [0.4, 0.5) is 0 Å². The maximum Gasteiger partial charge on any atom is 0.358 e. The van der Waals surface area contributed by atoms with E-state index in [1.807, 2.05) is 0 Å². The molecule has 18 heavy (non-hydrogen) atoms. The molecular weight excluding hydrogens is 260 g/mol. The fourth-order valence-electron chi connectivity index (χ4n) is 1.94. The summed E-state index contributed by atoms with van der Waals surface area (Å²) in [5.74, 6) is -0.517. The summed E-state index contributed by atoms with van der Waals surface area (Å²) in [5.41, 5.74) is -0.153. The summed E-state index contributed by atoms with van der Waals surface area (Å²) in [6.45, 7) is 0.623. The molecular formula is C10H14N2O5S. The van der Waals surface area contributed by atoms with Crippen molar-refractivity contribution in [2.45, 2.75) is 24.6 Å². The number of carbonyl (C=O) groups is 1. The van der Waals surface area contributed by atoms with Gasteiger partial charge in [-0.3, -0.25) is 0 Å². The number of hydrogen-bond acceptors (Lipinski definition) is 6. The lowest BCUT2D eigenvalue weighted by Gasteiger charge is -2.09. The van der Waals surface area contributed by atoms with Gasteiger partial charge in [0, 0.05) is 12.6 Å². The zero-order chi connectivity index (χ0) is 13.2. The van der Waals surface area contributed by atoms with Gasteiger partial charge in [-0.1, -0.05) is 5.16 Å². The number of hydrogen-bond donors (Lipinski definition) is 2. The number of sulfone groups is 1. The second-order valence-electron chi connectivity index (χ2n) is 4.25. The standard InChI is InChI=1S/C10H14N2O5S/c13-10(14)9-4-7(17-12-9)5-11-6-8-2-1-3-18(8,15)16/h4,8,11H,1-3,5-6H2,(H,13,14). The zero-order valence-corrected chi connectivity index (χ0v) is 10.4. The Kier molecular flexibility index (Phi) is 3.67. The lowest BCUT2D eigenvalue weighted by atomic mass is 10.2. The average Bonchev–Trinajstić information content (AvgIpc) is 2.86. The van der Waals surface area contributed by atoms with E-state index in [-0.39, 0.29) is 23.2 Å². The molecule has 0 aromatic carbocycles. The van der Waals surface area contributed by atoms with Crippen LogP contribution < -0.4 is 5.32 Å². The van der Waals surface area contributed by atoms with Crippen molar-refractivity contribution in [2.75, 3.05) is 12.3 Å². The lowest BCUT2D eigenvalue weighted by molar-refractivity contribution is 0.0685. The molecule has 1 fully saturated rings. The van der Waals surface area contributed by atoms with Crippen molar-refractivity contribution in [3.63, 3.8) is 0 Å². The van der Waals surface area contributed by atoms with Crippen molar-refractivity contribution in [2.24, 2.45) is 0 Å². The van der Waals surface area contributed by atoms with E-state index >= 15 is 0 Å². The van der Waals surface area contributed by atoms with Crippen LogP contribution in [-0.4, -0.2) is 42.2 Å². The number of carboxylic acid groups (broad SMARTS) is 1. The topological polar surface area (TPSA) is 110 Å². The van der Waals surface area contributed by atoms with Crippen molar-refractivity contribution in [3.05, 3.63) is 17.5 Å². The molecule has 1 saturated heterocycles. The van der Waals surface area contributed by atoms with E-state index in [9.17, 15) is 13.2 Å². The number of aromatic carboxylic acids is 1. The first-order valence-corrected chi connectivity index (χ1v) is 7.32. The molecule has 1 atom stereocenters. The Morgan fingerprint density at radius 1 is 1.61 bits per heavy atom. The largest absolute Gasteiger partial charge is 0.476 e. The fourth-order valence-corrected chi connectivity index (χ4v) is 3.74. The van der Waals surface area contributed by atoms with E-state index in [0.717, 1.165) is 0 Å². The Hall–Kier alpha value is -1.41. The molecule has 0 saturated carbocycles. The first-order valence-electron chi connectivity index (χ1n) is 5.60. The summed E-state index contributed by atoms with van der Waals surface area (Å²) in [7, 11) is -2.95. The minimum atomic E-state index is -2.95. The minimum absolute atomic E-state index is 0.153. The first-order chi connectivity index (χ1) is 8.49. The minimum Gasteiger partial charge on any atom is -0.476 e. The van der Waals surface area contributed by atoms with Gasteiger partial charge >= 0.3 is 5.97 Å². The second kappa shape index (κ2) is 5.07. The van der Waals surface area contributed by atoms with Crippen LogP contribution in [0.25, 0.3) is 0 Å². The smallest absolute Gasteiger partial charge is 0.358 e. The Balaban J connectivity index is 1.83. The van der Waals surface area contributed by atoms with Crippen LogP contribution >= 0.6 is 0 Å². The molecule has 1 aliphatic rings. The van der Waals surface area contributed by atoms with Crippen LogP contribution in [0.15, 0.2) is 10.6 Å². The maximum absolute atomic E-state index is 11.5. The van der Waals surface area contributed by atoms with Crippen LogP contribution in [0.1, 0.15) is 29.1 Å². The predicted octanol–water partition coefficient (Wildman–Crippen LogP) is 0.0396. The lowest BCUT2D eigenvalue weighted by Crippen LogP contribution is -2.30. The van der Waals surface area contributed by atoms with Gasteiger partial charge in [-0.05, 0) is 12.8 Å². The molecule has 7 nitrogen and oxygen atoms in total. The third-order valence-electron chi connectivity index (χ3n) is 2.91. The van der Waals surface area contributed by atoms with Gasteiger partial charge in [0.05, 0.1) is 17.5 Å². The third kappa shape index (κ3) is 2.88. The van der Waals surface area contributed by atoms with Crippen molar-refractivity contribution in [1.82, 2.24) is 10.5 Å². The molecule has 0 spiro atoms. The van der Waals surface area contributed by atoms with Crippen molar-refractivity contribution < 1.29 is 22.8 Å². The second-order valence-corrected chi connectivity index (χ2v) is 6.65. The van der Waals surface area contributed by atoms with Crippen LogP contribution in [0.2, 0.25) is 0 Å². The monoisotopic (exact) mass is 274 g/mol. The fraction of sp³-hybridized carbons (Fsp3) is 0.600. The van der Waals surface area contributed by atoms with E-state index in [4.69, 9.17) is 9.63 Å². The Morgan fingerprint density at radius 3 is 2.94 bits per heavy atom. The van der Waals surface area contributed by atoms with Crippen LogP contribution in [0, 0.1) is 0 Å². The number of carboxylic acids is 1. The van der Waals surface area contributed by atoms with E-state index in [1.54, 1.807) is 0 Å². The molecule has 2 rings (SSSR count). The predicted molar refractivity (Wildman–Crippen MR) is 62.0 cm³/mol. The average molecular weight is 274 g/mol. The Labute approximate surface area is 104 Å². The highest BCUT2D eigenvalue weighted by Crippen LogP contribution is 2.19. The third-order valence-corrected chi connectivity index (χ3v) is 5.19. The number of aromatic nitrogens is 1. The van der Waals surface area contributed by atoms with Crippen molar-refractivity contribution in [3.8, 4) is 0 Å². The van der Waals surface area contributed by atoms with Gasteiger partial charge in [-0.15, -0.1) is 0 Å². The molecule has 1 aromatic heterocycles. The molecule has 1 unspecified atom stereocenters. The normalized spacial score (nSPS) is 22.1. The number of nitrogens with zero attached hydrogens (tertiary/aromatic N) is 1. The van der Waals surface area contributed by atoms with E-state index in [2.05, 4.69) is 10.5 Å².